The molecule has 1 aliphatic rings. The van der Waals surface area contributed by atoms with E-state index in [-0.39, 0.29) is 11.3 Å². The van der Waals surface area contributed by atoms with Gasteiger partial charge in [-0.25, -0.2) is 0 Å². The normalized spacial score (nSPS) is 18.1. The van der Waals surface area contributed by atoms with Crippen LogP contribution < -0.4 is 4.74 Å². The maximum atomic E-state index is 13.1. The summed E-state index contributed by atoms with van der Waals surface area (Å²) in [5.74, 6) is -0.909. The van der Waals surface area contributed by atoms with E-state index < -0.39 is 17.7 Å². The number of carbonyl (C=O) groups is 2. The molecule has 7 heteroatoms. The van der Waals surface area contributed by atoms with Crippen LogP contribution in [-0.2, 0) is 9.59 Å². The Kier molecular flexibility index (Phi) is 7.18. The standard InChI is InChI=1S/C24H27BrN2O4/c1-15-14-16(10-11-18(15)25)22(28)20-21(17-8-5-6-9-19(17)31-4)27(24(30)23(20)29)13-7-12-26(2)3/h5-6,8-11,14,21,28H,7,12-13H2,1-4H3/b22-20+. The van der Waals surface area contributed by atoms with Crippen LogP contribution in [-0.4, -0.2) is 60.9 Å². The number of aryl methyl sites for hydroxylation is 1. The summed E-state index contributed by atoms with van der Waals surface area (Å²) in [6.45, 7) is 3.06. The molecule has 164 valence electrons. The Morgan fingerprint density at radius 1 is 1.19 bits per heavy atom. The summed E-state index contributed by atoms with van der Waals surface area (Å²) in [6.07, 6.45) is 0.698. The maximum absolute atomic E-state index is 13.1. The number of para-hydroxylation sites is 1. The van der Waals surface area contributed by atoms with Crippen molar-refractivity contribution in [2.24, 2.45) is 0 Å². The van der Waals surface area contributed by atoms with Gasteiger partial charge in [-0.2, -0.15) is 0 Å². The van der Waals surface area contributed by atoms with E-state index in [4.69, 9.17) is 4.74 Å². The zero-order valence-corrected chi connectivity index (χ0v) is 19.8. The Balaban J connectivity index is 2.16. The third-order valence-corrected chi connectivity index (χ3v) is 6.30. The summed E-state index contributed by atoms with van der Waals surface area (Å²) >= 11 is 3.45. The van der Waals surface area contributed by atoms with Crippen LogP contribution in [0.1, 0.15) is 29.2 Å². The fourth-order valence-electron chi connectivity index (χ4n) is 3.83. The number of ketones is 1. The second kappa shape index (κ2) is 9.66. The predicted octanol–water partition coefficient (Wildman–Crippen LogP) is 4.14. The lowest BCUT2D eigenvalue weighted by Gasteiger charge is -2.27. The minimum Gasteiger partial charge on any atom is -0.507 e. The molecule has 1 N–H and O–H groups in total. The number of hydrogen-bond acceptors (Lipinski definition) is 5. The monoisotopic (exact) mass is 486 g/mol. The molecule has 6 nitrogen and oxygen atoms in total. The zero-order valence-electron chi connectivity index (χ0n) is 18.2. The van der Waals surface area contributed by atoms with Gasteiger partial charge in [0.15, 0.2) is 0 Å². The highest BCUT2D eigenvalue weighted by molar-refractivity contribution is 9.10. The molecule has 1 amide bonds. The van der Waals surface area contributed by atoms with Crippen molar-refractivity contribution in [3.05, 3.63) is 69.2 Å². The van der Waals surface area contributed by atoms with Gasteiger partial charge < -0.3 is 19.6 Å². The first-order valence-electron chi connectivity index (χ1n) is 10.1. The number of Topliss-reactive ketones (excluding diaryl/α,β-unsaturated/α-hetero) is 1. The van der Waals surface area contributed by atoms with Crippen LogP contribution in [0.15, 0.2) is 52.5 Å². The van der Waals surface area contributed by atoms with Crippen molar-refractivity contribution in [3.63, 3.8) is 0 Å². The van der Waals surface area contributed by atoms with E-state index in [1.165, 1.54) is 0 Å². The van der Waals surface area contributed by atoms with Gasteiger partial charge in [-0.3, -0.25) is 9.59 Å². The van der Waals surface area contributed by atoms with Crippen molar-refractivity contribution in [2.75, 3.05) is 34.3 Å². The molecule has 1 atom stereocenters. The van der Waals surface area contributed by atoms with Gasteiger partial charge in [-0.15, -0.1) is 0 Å². The molecule has 31 heavy (non-hydrogen) atoms. The van der Waals surface area contributed by atoms with E-state index in [1.807, 2.05) is 50.2 Å². The first-order valence-corrected chi connectivity index (χ1v) is 10.9. The number of amides is 1. The van der Waals surface area contributed by atoms with Crippen molar-refractivity contribution < 1.29 is 19.4 Å². The first kappa shape index (κ1) is 23.0. The molecule has 0 saturated carbocycles. The summed E-state index contributed by atoms with van der Waals surface area (Å²) in [5.41, 5.74) is 2.16. The molecular formula is C24H27BrN2O4. The molecule has 0 aliphatic carbocycles. The average molecular weight is 487 g/mol. The van der Waals surface area contributed by atoms with Crippen molar-refractivity contribution in [1.29, 1.82) is 0 Å². The van der Waals surface area contributed by atoms with Crippen LogP contribution in [0.5, 0.6) is 5.75 Å². The van der Waals surface area contributed by atoms with Gasteiger partial charge in [0.2, 0.25) is 0 Å². The quantitative estimate of drug-likeness (QED) is 0.361. The Bertz CT molecular complexity index is 1030. The first-order chi connectivity index (χ1) is 14.8. The SMILES string of the molecule is COc1ccccc1C1/C(=C(\O)c2ccc(Br)c(C)c2)C(=O)C(=O)N1CCCN(C)C. The Morgan fingerprint density at radius 2 is 1.90 bits per heavy atom. The van der Waals surface area contributed by atoms with E-state index in [9.17, 15) is 14.7 Å². The van der Waals surface area contributed by atoms with Crippen LogP contribution in [0.25, 0.3) is 5.76 Å². The van der Waals surface area contributed by atoms with E-state index in [2.05, 4.69) is 15.9 Å². The highest BCUT2D eigenvalue weighted by Crippen LogP contribution is 2.42. The molecule has 0 aromatic heterocycles. The number of benzene rings is 2. The summed E-state index contributed by atoms with van der Waals surface area (Å²) in [7, 11) is 5.47. The lowest BCUT2D eigenvalue weighted by atomic mass is 9.94. The molecule has 2 aromatic carbocycles. The molecule has 0 bridgehead atoms. The van der Waals surface area contributed by atoms with Crippen molar-refractivity contribution in [2.45, 2.75) is 19.4 Å². The van der Waals surface area contributed by atoms with Crippen molar-refractivity contribution in [3.8, 4) is 5.75 Å². The van der Waals surface area contributed by atoms with Gasteiger partial charge in [0.1, 0.15) is 11.5 Å². The lowest BCUT2D eigenvalue weighted by molar-refractivity contribution is -0.140. The number of methoxy groups -OCH3 is 1. The predicted molar refractivity (Wildman–Crippen MR) is 124 cm³/mol. The molecule has 1 fully saturated rings. The van der Waals surface area contributed by atoms with Crippen LogP contribution in [0, 0.1) is 6.92 Å². The third kappa shape index (κ3) is 4.67. The topological polar surface area (TPSA) is 70.1 Å². The van der Waals surface area contributed by atoms with E-state index >= 15 is 0 Å². The minimum absolute atomic E-state index is 0.0843. The van der Waals surface area contributed by atoms with Gasteiger partial charge >= 0.3 is 0 Å². The third-order valence-electron chi connectivity index (χ3n) is 5.41. The van der Waals surface area contributed by atoms with Gasteiger partial charge in [0.25, 0.3) is 11.7 Å². The molecule has 0 spiro atoms. The highest BCUT2D eigenvalue weighted by Gasteiger charge is 2.46. The summed E-state index contributed by atoms with van der Waals surface area (Å²) < 4.78 is 6.42. The van der Waals surface area contributed by atoms with Gasteiger partial charge in [0, 0.05) is 22.1 Å². The second-order valence-electron chi connectivity index (χ2n) is 7.86. The van der Waals surface area contributed by atoms with E-state index in [1.54, 1.807) is 30.2 Å². The Morgan fingerprint density at radius 3 is 2.55 bits per heavy atom. The fourth-order valence-corrected chi connectivity index (χ4v) is 4.08. The molecule has 1 saturated heterocycles. The molecule has 1 aliphatic heterocycles. The number of ether oxygens (including phenoxy) is 1. The van der Waals surface area contributed by atoms with E-state index in [0.717, 1.165) is 16.6 Å². The average Bonchev–Trinajstić information content (AvgIpc) is 2.99. The number of aliphatic hydroxyl groups is 1. The number of nitrogens with zero attached hydrogens (tertiary/aromatic N) is 2. The summed E-state index contributed by atoms with van der Waals surface area (Å²) in [6, 6.07) is 11.9. The van der Waals surface area contributed by atoms with E-state index in [0.29, 0.717) is 29.8 Å². The molecule has 0 radical (unpaired) electrons. The minimum atomic E-state index is -0.720. The van der Waals surface area contributed by atoms with Gasteiger partial charge in [0.05, 0.1) is 18.7 Å². The fraction of sp³-hybridized carbons (Fsp3) is 0.333. The van der Waals surface area contributed by atoms with Gasteiger partial charge in [-0.05, 0) is 57.7 Å². The molecular weight excluding hydrogens is 460 g/mol. The highest BCUT2D eigenvalue weighted by atomic mass is 79.9. The molecule has 1 unspecified atom stereocenters. The summed E-state index contributed by atoms with van der Waals surface area (Å²) in [4.78, 5) is 29.7. The van der Waals surface area contributed by atoms with Crippen LogP contribution in [0.4, 0.5) is 0 Å². The molecule has 1 heterocycles. The van der Waals surface area contributed by atoms with Crippen LogP contribution in [0.3, 0.4) is 0 Å². The lowest BCUT2D eigenvalue weighted by Crippen LogP contribution is -2.32. The zero-order chi connectivity index (χ0) is 22.7. The number of likely N-dealkylation sites (tertiary alicyclic amines) is 1. The van der Waals surface area contributed by atoms with Crippen molar-refractivity contribution in [1.82, 2.24) is 9.80 Å². The van der Waals surface area contributed by atoms with Crippen LogP contribution >= 0.6 is 15.9 Å². The molecule has 2 aromatic rings. The number of rotatable bonds is 7. The Labute approximate surface area is 191 Å². The van der Waals surface area contributed by atoms with Crippen LogP contribution in [0.2, 0.25) is 0 Å². The second-order valence-corrected chi connectivity index (χ2v) is 8.71. The Hall–Kier alpha value is -2.64. The maximum Gasteiger partial charge on any atom is 0.295 e. The number of carbonyl (C=O) groups excluding carboxylic acids is 2. The number of aliphatic hydroxyl groups excluding tert-OH is 1. The number of hydrogen-bond donors (Lipinski definition) is 1. The van der Waals surface area contributed by atoms with Crippen molar-refractivity contribution >= 4 is 33.4 Å². The largest absolute Gasteiger partial charge is 0.507 e. The van der Waals surface area contributed by atoms with Gasteiger partial charge in [-0.1, -0.05) is 40.2 Å². The number of halogens is 1. The molecule has 3 rings (SSSR count). The smallest absolute Gasteiger partial charge is 0.295 e. The summed E-state index contributed by atoms with van der Waals surface area (Å²) in [5, 5.41) is 11.2.